The summed E-state index contributed by atoms with van der Waals surface area (Å²) in [6.45, 7) is 1.07. The number of hydrogen-bond acceptors (Lipinski definition) is 5. The van der Waals surface area contributed by atoms with Gasteiger partial charge in [-0.25, -0.2) is 4.39 Å². The van der Waals surface area contributed by atoms with Gasteiger partial charge in [-0.15, -0.1) is 0 Å². The number of benzene rings is 1. The molecule has 106 valence electrons. The average molecular weight is 284 g/mol. The molecule has 0 amide bonds. The van der Waals surface area contributed by atoms with E-state index in [1.807, 2.05) is 0 Å². The van der Waals surface area contributed by atoms with Crippen molar-refractivity contribution in [2.45, 2.75) is 13.0 Å². The molecular formula is C14H13FN6. The molecule has 2 aromatic rings. The lowest BCUT2D eigenvalue weighted by Crippen LogP contribution is -2.26. The van der Waals surface area contributed by atoms with Crippen molar-refractivity contribution in [1.29, 1.82) is 5.26 Å². The van der Waals surface area contributed by atoms with Crippen LogP contribution in [0.3, 0.4) is 0 Å². The van der Waals surface area contributed by atoms with E-state index in [-0.39, 0.29) is 17.7 Å². The minimum Gasteiger partial charge on any atom is -0.396 e. The fourth-order valence-electron chi connectivity index (χ4n) is 2.48. The van der Waals surface area contributed by atoms with Gasteiger partial charge in [-0.2, -0.15) is 10.4 Å². The molecule has 0 fully saturated rings. The minimum absolute atomic E-state index is 0.0445. The van der Waals surface area contributed by atoms with Gasteiger partial charge in [0.05, 0.1) is 31.3 Å². The van der Waals surface area contributed by atoms with Gasteiger partial charge in [0.1, 0.15) is 17.2 Å². The quantitative estimate of drug-likeness (QED) is 0.804. The number of halogens is 1. The van der Waals surface area contributed by atoms with E-state index in [2.05, 4.69) is 16.2 Å². The molecule has 0 spiro atoms. The predicted octanol–water partition coefficient (Wildman–Crippen LogP) is 1.06. The second kappa shape index (κ2) is 4.90. The molecule has 0 unspecified atom stereocenters. The average Bonchev–Trinajstić information content (AvgIpc) is 2.82. The SMILES string of the molecule is N#CCc1c(-c2cccc(N)c2F)nn2c1C(N)=NCC2. The van der Waals surface area contributed by atoms with Crippen LogP contribution in [-0.4, -0.2) is 22.2 Å². The summed E-state index contributed by atoms with van der Waals surface area (Å²) < 4.78 is 15.9. The van der Waals surface area contributed by atoms with Gasteiger partial charge in [0, 0.05) is 11.1 Å². The molecule has 0 radical (unpaired) electrons. The summed E-state index contributed by atoms with van der Waals surface area (Å²) in [4.78, 5) is 4.17. The lowest BCUT2D eigenvalue weighted by molar-refractivity contribution is 0.604. The monoisotopic (exact) mass is 284 g/mol. The first-order valence-electron chi connectivity index (χ1n) is 6.44. The van der Waals surface area contributed by atoms with Gasteiger partial charge in [-0.3, -0.25) is 9.67 Å². The molecule has 3 rings (SSSR count). The van der Waals surface area contributed by atoms with Crippen LogP contribution in [0.15, 0.2) is 23.2 Å². The van der Waals surface area contributed by atoms with Crippen LogP contribution in [0.2, 0.25) is 0 Å². The number of hydrogen-bond donors (Lipinski definition) is 2. The van der Waals surface area contributed by atoms with E-state index >= 15 is 0 Å². The maximum atomic E-state index is 14.3. The molecule has 0 atom stereocenters. The standard InChI is InChI=1S/C14H13FN6/c15-11-8(2-1-3-10(11)17)12-9(4-5-16)13-14(18)19-6-7-21(13)20-12/h1-3H,4,6-7,17H2,(H2,18,19). The molecule has 21 heavy (non-hydrogen) atoms. The van der Waals surface area contributed by atoms with Crippen molar-refractivity contribution in [3.8, 4) is 17.3 Å². The maximum Gasteiger partial charge on any atom is 0.155 e. The number of nitrogens with two attached hydrogens (primary N) is 2. The van der Waals surface area contributed by atoms with E-state index < -0.39 is 5.82 Å². The predicted molar refractivity (Wildman–Crippen MR) is 76.9 cm³/mol. The van der Waals surface area contributed by atoms with E-state index in [1.165, 1.54) is 6.07 Å². The Kier molecular flexibility index (Phi) is 3.06. The van der Waals surface area contributed by atoms with Crippen molar-refractivity contribution in [2.75, 3.05) is 12.3 Å². The molecule has 2 heterocycles. The topological polar surface area (TPSA) is 106 Å². The first-order chi connectivity index (χ1) is 10.1. The molecule has 6 nitrogen and oxygen atoms in total. The van der Waals surface area contributed by atoms with Crippen LogP contribution in [0.25, 0.3) is 11.3 Å². The van der Waals surface area contributed by atoms with Gasteiger partial charge in [0.15, 0.2) is 5.82 Å². The number of anilines is 1. The third-order valence-corrected chi connectivity index (χ3v) is 3.43. The van der Waals surface area contributed by atoms with Crippen molar-refractivity contribution < 1.29 is 4.39 Å². The smallest absolute Gasteiger partial charge is 0.155 e. The van der Waals surface area contributed by atoms with Crippen molar-refractivity contribution in [3.63, 3.8) is 0 Å². The van der Waals surface area contributed by atoms with Gasteiger partial charge >= 0.3 is 0 Å². The van der Waals surface area contributed by atoms with Crippen molar-refractivity contribution in [2.24, 2.45) is 10.7 Å². The molecule has 1 aromatic carbocycles. The van der Waals surface area contributed by atoms with Crippen molar-refractivity contribution >= 4 is 11.5 Å². The second-order valence-corrected chi connectivity index (χ2v) is 4.71. The summed E-state index contributed by atoms with van der Waals surface area (Å²) in [6, 6.07) is 6.79. The normalized spacial score (nSPS) is 13.4. The van der Waals surface area contributed by atoms with Crippen molar-refractivity contribution in [3.05, 3.63) is 35.3 Å². The summed E-state index contributed by atoms with van der Waals surface area (Å²) in [5.41, 5.74) is 13.4. The minimum atomic E-state index is -0.539. The van der Waals surface area contributed by atoms with Crippen molar-refractivity contribution in [1.82, 2.24) is 9.78 Å². The number of rotatable bonds is 2. The van der Waals surface area contributed by atoms with E-state index in [9.17, 15) is 4.39 Å². The fourth-order valence-corrected chi connectivity index (χ4v) is 2.48. The Hall–Kier alpha value is -2.88. The van der Waals surface area contributed by atoms with E-state index in [1.54, 1.807) is 16.8 Å². The zero-order chi connectivity index (χ0) is 15.0. The van der Waals surface area contributed by atoms with E-state index in [0.29, 0.717) is 35.9 Å². The van der Waals surface area contributed by atoms with Crippen LogP contribution >= 0.6 is 0 Å². The highest BCUT2D eigenvalue weighted by Gasteiger charge is 2.25. The summed E-state index contributed by atoms with van der Waals surface area (Å²) in [6.07, 6.45) is 0.0785. The Morgan fingerprint density at radius 3 is 2.95 bits per heavy atom. The van der Waals surface area contributed by atoms with Gasteiger partial charge in [-0.05, 0) is 12.1 Å². The van der Waals surface area contributed by atoms with Crippen LogP contribution in [0.4, 0.5) is 10.1 Å². The lowest BCUT2D eigenvalue weighted by Gasteiger charge is -2.12. The number of nitriles is 1. The van der Waals surface area contributed by atoms with Crippen LogP contribution in [0, 0.1) is 17.1 Å². The largest absolute Gasteiger partial charge is 0.396 e. The number of nitrogen functional groups attached to an aromatic ring is 1. The van der Waals surface area contributed by atoms with Gasteiger partial charge < -0.3 is 11.5 Å². The first kappa shape index (κ1) is 13.1. The highest BCUT2D eigenvalue weighted by atomic mass is 19.1. The van der Waals surface area contributed by atoms with Crippen LogP contribution in [-0.2, 0) is 13.0 Å². The Balaban J connectivity index is 2.27. The molecule has 7 heteroatoms. The molecule has 4 N–H and O–H groups in total. The van der Waals surface area contributed by atoms with Gasteiger partial charge in [0.25, 0.3) is 0 Å². The molecule has 1 aliphatic rings. The maximum absolute atomic E-state index is 14.3. The molecule has 1 aromatic heterocycles. The van der Waals surface area contributed by atoms with Gasteiger partial charge in [-0.1, -0.05) is 6.07 Å². The Morgan fingerprint density at radius 2 is 2.19 bits per heavy atom. The molecule has 0 bridgehead atoms. The van der Waals surface area contributed by atoms with Crippen LogP contribution < -0.4 is 11.5 Å². The van der Waals surface area contributed by atoms with E-state index in [4.69, 9.17) is 16.7 Å². The molecule has 0 saturated carbocycles. The molecular weight excluding hydrogens is 271 g/mol. The number of amidine groups is 1. The Morgan fingerprint density at radius 1 is 1.38 bits per heavy atom. The first-order valence-corrected chi connectivity index (χ1v) is 6.44. The number of fused-ring (bicyclic) bond motifs is 1. The van der Waals surface area contributed by atoms with Crippen LogP contribution in [0.5, 0.6) is 0 Å². The summed E-state index contributed by atoms with van der Waals surface area (Å²) >= 11 is 0. The molecule has 1 aliphatic heterocycles. The zero-order valence-corrected chi connectivity index (χ0v) is 11.2. The highest BCUT2D eigenvalue weighted by Crippen LogP contribution is 2.31. The number of aromatic nitrogens is 2. The summed E-state index contributed by atoms with van der Waals surface area (Å²) in [5.74, 6) is -0.211. The van der Waals surface area contributed by atoms with Crippen LogP contribution in [0.1, 0.15) is 11.3 Å². The Labute approximate surface area is 120 Å². The summed E-state index contributed by atoms with van der Waals surface area (Å²) in [7, 11) is 0. The zero-order valence-electron chi connectivity index (χ0n) is 11.2. The summed E-state index contributed by atoms with van der Waals surface area (Å²) in [5, 5.41) is 13.4. The number of aliphatic imine (C=N–C) groups is 1. The third-order valence-electron chi connectivity index (χ3n) is 3.43. The van der Waals surface area contributed by atoms with E-state index in [0.717, 1.165) is 0 Å². The number of nitrogens with zero attached hydrogens (tertiary/aromatic N) is 4. The third kappa shape index (κ3) is 2.01. The highest BCUT2D eigenvalue weighted by molar-refractivity contribution is 5.99. The Bertz CT molecular complexity index is 783. The molecule has 0 saturated heterocycles. The second-order valence-electron chi connectivity index (χ2n) is 4.71. The molecule has 0 aliphatic carbocycles. The van der Waals surface area contributed by atoms with Gasteiger partial charge in [0.2, 0.25) is 0 Å². The lowest BCUT2D eigenvalue weighted by atomic mass is 10.0. The fraction of sp³-hybridized carbons (Fsp3) is 0.214.